The van der Waals surface area contributed by atoms with Crippen LogP contribution in [0.5, 0.6) is 5.75 Å². The predicted molar refractivity (Wildman–Crippen MR) is 91.8 cm³/mol. The number of ether oxygens (including phenoxy) is 1. The Morgan fingerprint density at radius 3 is 2.96 bits per heavy atom. The molecule has 0 aliphatic rings. The first kappa shape index (κ1) is 17.0. The summed E-state index contributed by atoms with van der Waals surface area (Å²) in [5.41, 5.74) is 14.4. The molecule has 0 bridgehead atoms. The number of nitrogens with two attached hydrogens (primary N) is 1. The van der Waals surface area contributed by atoms with Gasteiger partial charge in [0.1, 0.15) is 10.8 Å². The number of hydrogen-bond acceptors (Lipinski definition) is 6. The van der Waals surface area contributed by atoms with Crippen LogP contribution in [0.4, 0.5) is 5.69 Å². The average Bonchev–Trinajstić information content (AvgIpc) is 2.56. The van der Waals surface area contributed by atoms with Crippen LogP contribution >= 0.6 is 21.6 Å². The van der Waals surface area contributed by atoms with E-state index in [1.807, 2.05) is 18.2 Å². The van der Waals surface area contributed by atoms with Gasteiger partial charge in [0.15, 0.2) is 0 Å². The lowest BCUT2D eigenvalue weighted by atomic mass is 10.1. The highest BCUT2D eigenvalue weighted by Crippen LogP contribution is 2.29. The molecule has 0 fully saturated rings. The van der Waals surface area contributed by atoms with E-state index in [-0.39, 0.29) is 5.56 Å². The number of hydrogen-bond donors (Lipinski definition) is 1. The Labute approximate surface area is 140 Å². The molecule has 9 heteroatoms. The molecule has 0 atom stereocenters. The van der Waals surface area contributed by atoms with Crippen molar-refractivity contribution in [2.24, 2.45) is 10.8 Å². The number of azide groups is 1. The Bertz CT molecular complexity index is 720. The van der Waals surface area contributed by atoms with Crippen molar-refractivity contribution in [3.05, 3.63) is 58.6 Å². The van der Waals surface area contributed by atoms with Gasteiger partial charge < -0.3 is 10.5 Å². The molecule has 0 unspecified atom stereocenters. The van der Waals surface area contributed by atoms with Gasteiger partial charge in [-0.15, -0.1) is 0 Å². The molecule has 23 heavy (non-hydrogen) atoms. The van der Waals surface area contributed by atoms with Gasteiger partial charge in [0.05, 0.1) is 12.2 Å². The van der Waals surface area contributed by atoms with Crippen molar-refractivity contribution in [2.45, 2.75) is 5.03 Å². The zero-order valence-corrected chi connectivity index (χ0v) is 13.6. The van der Waals surface area contributed by atoms with E-state index in [4.69, 9.17) is 16.0 Å². The summed E-state index contributed by atoms with van der Waals surface area (Å²) in [5, 5.41) is 4.40. The molecular weight excluding hydrogens is 334 g/mol. The van der Waals surface area contributed by atoms with Crippen molar-refractivity contribution in [1.29, 1.82) is 0 Å². The van der Waals surface area contributed by atoms with Crippen LogP contribution in [0.15, 0.2) is 52.7 Å². The quantitative estimate of drug-likeness (QED) is 0.255. The van der Waals surface area contributed by atoms with E-state index < -0.39 is 5.91 Å². The maximum Gasteiger partial charge on any atom is 0.252 e. The van der Waals surface area contributed by atoms with E-state index in [1.54, 1.807) is 27.8 Å². The zero-order valence-electron chi connectivity index (χ0n) is 12.0. The molecule has 0 spiro atoms. The highest BCUT2D eigenvalue weighted by molar-refractivity contribution is 8.76. The molecule has 7 nitrogen and oxygen atoms in total. The minimum absolute atomic E-state index is 0.254. The molecule has 2 aromatic rings. The van der Waals surface area contributed by atoms with Gasteiger partial charge in [0.2, 0.25) is 0 Å². The van der Waals surface area contributed by atoms with Crippen molar-refractivity contribution in [3.8, 4) is 5.75 Å². The predicted octanol–water partition coefficient (Wildman–Crippen LogP) is 3.94. The number of carbonyl (C=O) groups excluding carboxylic acids is 1. The van der Waals surface area contributed by atoms with Gasteiger partial charge in [-0.3, -0.25) is 4.79 Å². The van der Waals surface area contributed by atoms with Gasteiger partial charge in [0.25, 0.3) is 5.91 Å². The van der Waals surface area contributed by atoms with Gasteiger partial charge in [-0.2, -0.15) is 0 Å². The summed E-state index contributed by atoms with van der Waals surface area (Å²) in [7, 11) is 3.13. The minimum Gasteiger partial charge on any atom is -0.492 e. The first-order valence-electron chi connectivity index (χ1n) is 6.53. The molecule has 0 saturated heterocycles. The van der Waals surface area contributed by atoms with Crippen molar-refractivity contribution in [2.75, 3.05) is 12.4 Å². The van der Waals surface area contributed by atoms with Gasteiger partial charge in [-0.1, -0.05) is 28.0 Å². The van der Waals surface area contributed by atoms with Crippen LogP contribution in [-0.4, -0.2) is 23.3 Å². The van der Waals surface area contributed by atoms with Gasteiger partial charge in [-0.25, -0.2) is 4.98 Å². The highest BCUT2D eigenvalue weighted by atomic mass is 33.1. The van der Waals surface area contributed by atoms with Gasteiger partial charge in [-0.05, 0) is 40.6 Å². The Kier molecular flexibility index (Phi) is 6.61. The first-order chi connectivity index (χ1) is 11.2. The number of pyridine rings is 1. The highest BCUT2D eigenvalue weighted by Gasteiger charge is 2.10. The van der Waals surface area contributed by atoms with E-state index in [1.165, 1.54) is 18.2 Å². The normalized spacial score (nSPS) is 9.91. The number of nitrogens with zero attached hydrogens (tertiary/aromatic N) is 4. The van der Waals surface area contributed by atoms with Crippen LogP contribution in [0.2, 0.25) is 0 Å². The molecule has 2 rings (SSSR count). The number of carbonyl (C=O) groups is 1. The average molecular weight is 347 g/mol. The van der Waals surface area contributed by atoms with Crippen molar-refractivity contribution in [1.82, 2.24) is 4.98 Å². The second-order valence-electron chi connectivity index (χ2n) is 4.16. The molecule has 1 aromatic carbocycles. The minimum atomic E-state index is -0.594. The van der Waals surface area contributed by atoms with E-state index in [0.29, 0.717) is 23.8 Å². The topological polar surface area (TPSA) is 114 Å². The molecule has 1 heterocycles. The third-order valence-corrected chi connectivity index (χ3v) is 4.83. The number of benzene rings is 1. The van der Waals surface area contributed by atoms with Crippen molar-refractivity contribution >= 4 is 33.2 Å². The van der Waals surface area contributed by atoms with Crippen LogP contribution in [0.25, 0.3) is 10.4 Å². The maximum atomic E-state index is 11.4. The molecule has 1 aromatic heterocycles. The monoisotopic (exact) mass is 347 g/mol. The fourth-order valence-corrected chi connectivity index (χ4v) is 3.34. The molecule has 0 aliphatic heterocycles. The van der Waals surface area contributed by atoms with Crippen LogP contribution in [0.3, 0.4) is 0 Å². The number of rotatable bonds is 8. The van der Waals surface area contributed by atoms with Crippen LogP contribution in [0.1, 0.15) is 10.4 Å². The summed E-state index contributed by atoms with van der Waals surface area (Å²) in [6.45, 7) is 0.379. The van der Waals surface area contributed by atoms with Crippen LogP contribution < -0.4 is 10.5 Å². The summed E-state index contributed by atoms with van der Waals surface area (Å²) < 4.78 is 5.58. The van der Waals surface area contributed by atoms with Crippen LogP contribution in [-0.2, 0) is 0 Å². The molecule has 1 amide bonds. The lowest BCUT2D eigenvalue weighted by molar-refractivity contribution is 0.0996. The van der Waals surface area contributed by atoms with Crippen molar-refractivity contribution < 1.29 is 9.53 Å². The molecule has 0 saturated carbocycles. The van der Waals surface area contributed by atoms with E-state index >= 15 is 0 Å². The standard InChI is InChI=1S/C14H13N5O2S2/c15-14(20)11-5-4-10(18-19-16)9-12(11)21-7-8-22-23-13-3-1-2-6-17-13/h1-6,9H,7-8H2,(H2,15,20). The van der Waals surface area contributed by atoms with Gasteiger partial charge in [0, 0.05) is 22.5 Å². The van der Waals surface area contributed by atoms with E-state index in [2.05, 4.69) is 15.0 Å². The number of amides is 1. The Morgan fingerprint density at radius 1 is 1.39 bits per heavy atom. The molecule has 0 aliphatic carbocycles. The van der Waals surface area contributed by atoms with Crippen molar-refractivity contribution in [3.63, 3.8) is 0 Å². The largest absolute Gasteiger partial charge is 0.492 e. The Hall–Kier alpha value is -2.35. The second-order valence-corrected chi connectivity index (χ2v) is 6.59. The zero-order chi connectivity index (χ0) is 16.5. The van der Waals surface area contributed by atoms with E-state index in [9.17, 15) is 4.79 Å². The fraction of sp³-hybridized carbons (Fsp3) is 0.143. The third-order valence-electron chi connectivity index (χ3n) is 2.60. The molecule has 118 valence electrons. The molecule has 2 N–H and O–H groups in total. The summed E-state index contributed by atoms with van der Waals surface area (Å²) in [6.07, 6.45) is 1.74. The van der Waals surface area contributed by atoms with Crippen LogP contribution in [0, 0.1) is 0 Å². The maximum absolute atomic E-state index is 11.4. The smallest absolute Gasteiger partial charge is 0.252 e. The summed E-state index contributed by atoms with van der Waals surface area (Å²) in [4.78, 5) is 18.3. The summed E-state index contributed by atoms with van der Waals surface area (Å²) in [6, 6.07) is 10.2. The SMILES string of the molecule is [N-]=[N+]=Nc1ccc(C(N)=O)c(OCCSSc2ccccn2)c1. The Balaban J connectivity index is 1.90. The first-order valence-corrected chi connectivity index (χ1v) is 8.85. The summed E-state index contributed by atoms with van der Waals surface area (Å²) >= 11 is 0. The second kappa shape index (κ2) is 8.94. The molecule has 0 radical (unpaired) electrons. The number of primary amides is 1. The van der Waals surface area contributed by atoms with E-state index in [0.717, 1.165) is 5.03 Å². The fourth-order valence-electron chi connectivity index (χ4n) is 1.63. The molecular formula is C14H13N5O2S2. The Morgan fingerprint density at radius 2 is 2.26 bits per heavy atom. The van der Waals surface area contributed by atoms with Gasteiger partial charge >= 0.3 is 0 Å². The lowest BCUT2D eigenvalue weighted by Crippen LogP contribution is -2.13. The number of aromatic nitrogens is 1. The third kappa shape index (κ3) is 5.41. The summed E-state index contributed by atoms with van der Waals surface area (Å²) in [5.74, 6) is 0.402. The lowest BCUT2D eigenvalue weighted by Gasteiger charge is -2.10.